The Morgan fingerprint density at radius 3 is 2.69 bits per heavy atom. The summed E-state index contributed by atoms with van der Waals surface area (Å²) in [6.07, 6.45) is 0.0991. The van der Waals surface area contributed by atoms with Crippen molar-refractivity contribution in [3.63, 3.8) is 0 Å². The smallest absolute Gasteiger partial charge is 0.252 e. The minimum Gasteiger partial charge on any atom is -0.491 e. The summed E-state index contributed by atoms with van der Waals surface area (Å²) >= 11 is 1.51. The SMILES string of the molecule is Cc1nc(CSc2ccccc2C(=O)NC(C)c2cccc(OC(C)C)c2)no1. The molecule has 7 heteroatoms. The van der Waals surface area contributed by atoms with E-state index in [1.165, 1.54) is 11.8 Å². The number of hydrogen-bond acceptors (Lipinski definition) is 6. The van der Waals surface area contributed by atoms with E-state index in [0.29, 0.717) is 23.0 Å². The van der Waals surface area contributed by atoms with Gasteiger partial charge in [0.2, 0.25) is 5.89 Å². The van der Waals surface area contributed by atoms with Gasteiger partial charge in [-0.1, -0.05) is 29.4 Å². The number of hydrogen-bond donors (Lipinski definition) is 1. The number of thioether (sulfide) groups is 1. The van der Waals surface area contributed by atoms with E-state index in [4.69, 9.17) is 9.26 Å². The molecule has 29 heavy (non-hydrogen) atoms. The van der Waals surface area contributed by atoms with Gasteiger partial charge in [-0.2, -0.15) is 4.98 Å². The zero-order chi connectivity index (χ0) is 20.8. The molecule has 0 saturated heterocycles. The highest BCUT2D eigenvalue weighted by atomic mass is 32.2. The Labute approximate surface area is 175 Å². The van der Waals surface area contributed by atoms with Crippen molar-refractivity contribution in [2.24, 2.45) is 0 Å². The van der Waals surface area contributed by atoms with Crippen molar-refractivity contribution < 1.29 is 14.1 Å². The molecule has 1 atom stereocenters. The van der Waals surface area contributed by atoms with Gasteiger partial charge in [0.1, 0.15) is 5.75 Å². The molecule has 0 saturated carbocycles. The number of benzene rings is 2. The Balaban J connectivity index is 1.69. The van der Waals surface area contributed by atoms with Crippen LogP contribution in [0, 0.1) is 6.92 Å². The molecule has 0 aliphatic rings. The van der Waals surface area contributed by atoms with Gasteiger partial charge in [0.15, 0.2) is 5.82 Å². The number of ether oxygens (including phenoxy) is 1. The molecule has 0 aliphatic carbocycles. The predicted octanol–water partition coefficient (Wildman–Crippen LogP) is 4.95. The first kappa shape index (κ1) is 20.9. The van der Waals surface area contributed by atoms with Crippen LogP contribution in [0.2, 0.25) is 0 Å². The van der Waals surface area contributed by atoms with E-state index in [1.807, 2.05) is 69.3 Å². The van der Waals surface area contributed by atoms with Crippen molar-refractivity contribution in [1.29, 1.82) is 0 Å². The molecule has 1 heterocycles. The summed E-state index contributed by atoms with van der Waals surface area (Å²) in [5.41, 5.74) is 1.61. The van der Waals surface area contributed by atoms with E-state index in [0.717, 1.165) is 16.2 Å². The molecule has 1 amide bonds. The standard InChI is InChI=1S/C22H25N3O3S/c1-14(2)27-18-9-7-8-17(12-18)15(3)23-22(26)19-10-5-6-11-20(19)29-13-21-24-16(4)28-25-21/h5-12,14-15H,13H2,1-4H3,(H,23,26). The van der Waals surface area contributed by atoms with Gasteiger partial charge in [0, 0.05) is 11.8 Å². The van der Waals surface area contributed by atoms with Crippen molar-refractivity contribution in [1.82, 2.24) is 15.5 Å². The fraction of sp³-hybridized carbons (Fsp3) is 0.318. The second kappa shape index (κ2) is 9.60. The predicted molar refractivity (Wildman–Crippen MR) is 113 cm³/mol. The Kier molecular flexibility index (Phi) is 6.93. The van der Waals surface area contributed by atoms with Gasteiger partial charge in [-0.3, -0.25) is 4.79 Å². The summed E-state index contributed by atoms with van der Waals surface area (Å²) in [4.78, 5) is 18.0. The van der Waals surface area contributed by atoms with Gasteiger partial charge < -0.3 is 14.6 Å². The number of nitrogens with one attached hydrogen (secondary N) is 1. The third-order valence-corrected chi connectivity index (χ3v) is 5.21. The van der Waals surface area contributed by atoms with Gasteiger partial charge in [0.05, 0.1) is 23.5 Å². The molecule has 0 fully saturated rings. The maximum Gasteiger partial charge on any atom is 0.252 e. The number of carbonyl (C=O) groups excluding carboxylic acids is 1. The molecule has 0 spiro atoms. The minimum atomic E-state index is -0.156. The highest BCUT2D eigenvalue weighted by Gasteiger charge is 2.16. The van der Waals surface area contributed by atoms with Crippen LogP contribution in [-0.2, 0) is 5.75 Å². The van der Waals surface area contributed by atoms with Crippen molar-refractivity contribution in [3.8, 4) is 5.75 Å². The average Bonchev–Trinajstić information content (AvgIpc) is 3.11. The second-order valence-electron chi connectivity index (χ2n) is 6.95. The first-order valence-electron chi connectivity index (χ1n) is 9.51. The summed E-state index contributed by atoms with van der Waals surface area (Å²) in [6.45, 7) is 7.69. The van der Waals surface area contributed by atoms with Gasteiger partial charge in [-0.05, 0) is 50.6 Å². The first-order valence-corrected chi connectivity index (χ1v) is 10.5. The topological polar surface area (TPSA) is 77.2 Å². The summed E-state index contributed by atoms with van der Waals surface area (Å²) in [5, 5.41) is 6.98. The molecule has 3 aromatic rings. The molecule has 2 aromatic carbocycles. The highest BCUT2D eigenvalue weighted by molar-refractivity contribution is 7.98. The van der Waals surface area contributed by atoms with Crippen molar-refractivity contribution >= 4 is 17.7 Å². The van der Waals surface area contributed by atoms with Crippen LogP contribution in [-0.4, -0.2) is 22.2 Å². The summed E-state index contributed by atoms with van der Waals surface area (Å²) in [7, 11) is 0. The number of carbonyl (C=O) groups is 1. The van der Waals surface area contributed by atoms with E-state index in [1.54, 1.807) is 6.92 Å². The fourth-order valence-electron chi connectivity index (χ4n) is 2.81. The minimum absolute atomic E-state index is 0.0991. The van der Waals surface area contributed by atoms with E-state index in [9.17, 15) is 4.79 Å². The molecule has 0 radical (unpaired) electrons. The van der Waals surface area contributed by atoms with E-state index >= 15 is 0 Å². The van der Waals surface area contributed by atoms with Gasteiger partial charge in [-0.15, -0.1) is 11.8 Å². The summed E-state index contributed by atoms with van der Waals surface area (Å²) in [6, 6.07) is 15.2. The second-order valence-corrected chi connectivity index (χ2v) is 7.97. The van der Waals surface area contributed by atoms with Gasteiger partial charge >= 0.3 is 0 Å². The zero-order valence-corrected chi connectivity index (χ0v) is 17.8. The lowest BCUT2D eigenvalue weighted by atomic mass is 10.1. The lowest BCUT2D eigenvalue weighted by Gasteiger charge is -2.17. The molecule has 0 bridgehead atoms. The Morgan fingerprint density at radius 1 is 1.17 bits per heavy atom. The Morgan fingerprint density at radius 2 is 1.97 bits per heavy atom. The fourth-order valence-corrected chi connectivity index (χ4v) is 3.70. The first-order chi connectivity index (χ1) is 13.9. The van der Waals surface area contributed by atoms with Crippen LogP contribution < -0.4 is 10.1 Å². The molecular weight excluding hydrogens is 386 g/mol. The normalized spacial score (nSPS) is 12.0. The van der Waals surface area contributed by atoms with Crippen molar-refractivity contribution in [2.75, 3.05) is 0 Å². The molecule has 152 valence electrons. The molecule has 1 aromatic heterocycles. The van der Waals surface area contributed by atoms with Crippen LogP contribution in [0.25, 0.3) is 0 Å². The Hall–Kier alpha value is -2.80. The number of aromatic nitrogens is 2. The van der Waals surface area contributed by atoms with Gasteiger partial charge in [-0.25, -0.2) is 0 Å². The van der Waals surface area contributed by atoms with Crippen LogP contribution in [0.1, 0.15) is 54.4 Å². The van der Waals surface area contributed by atoms with Crippen LogP contribution in [0.15, 0.2) is 57.9 Å². The lowest BCUT2D eigenvalue weighted by Crippen LogP contribution is -2.27. The molecule has 1 unspecified atom stereocenters. The van der Waals surface area contributed by atoms with Crippen LogP contribution in [0.5, 0.6) is 5.75 Å². The number of rotatable bonds is 8. The maximum atomic E-state index is 12.9. The van der Waals surface area contributed by atoms with Crippen LogP contribution in [0.4, 0.5) is 0 Å². The molecule has 1 N–H and O–H groups in total. The van der Waals surface area contributed by atoms with E-state index in [-0.39, 0.29) is 18.1 Å². The maximum absolute atomic E-state index is 12.9. The third-order valence-electron chi connectivity index (χ3n) is 4.14. The van der Waals surface area contributed by atoms with E-state index in [2.05, 4.69) is 15.5 Å². The largest absolute Gasteiger partial charge is 0.491 e. The van der Waals surface area contributed by atoms with Gasteiger partial charge in [0.25, 0.3) is 5.91 Å². The lowest BCUT2D eigenvalue weighted by molar-refractivity contribution is 0.0936. The molecular formula is C22H25N3O3S. The van der Waals surface area contributed by atoms with Crippen molar-refractivity contribution in [3.05, 3.63) is 71.4 Å². The molecule has 6 nitrogen and oxygen atoms in total. The monoisotopic (exact) mass is 411 g/mol. The highest BCUT2D eigenvalue weighted by Crippen LogP contribution is 2.26. The number of nitrogens with zero attached hydrogens (tertiary/aromatic N) is 2. The third kappa shape index (κ3) is 5.84. The summed E-state index contributed by atoms with van der Waals surface area (Å²) < 4.78 is 10.8. The van der Waals surface area contributed by atoms with Crippen molar-refractivity contribution in [2.45, 2.75) is 50.5 Å². The quantitative estimate of drug-likeness (QED) is 0.529. The number of amides is 1. The average molecular weight is 412 g/mol. The van der Waals surface area contributed by atoms with E-state index < -0.39 is 0 Å². The molecule has 0 aliphatic heterocycles. The van der Waals surface area contributed by atoms with Crippen LogP contribution in [0.3, 0.4) is 0 Å². The molecule has 3 rings (SSSR count). The number of aryl methyl sites for hydroxylation is 1. The van der Waals surface area contributed by atoms with Crippen LogP contribution >= 0.6 is 11.8 Å². The zero-order valence-electron chi connectivity index (χ0n) is 17.0. The Bertz CT molecular complexity index is 971. The summed E-state index contributed by atoms with van der Waals surface area (Å²) in [5.74, 6) is 2.35.